The molecule has 9 rings (SSSR count). The molecule has 6 aromatic heterocycles. The van der Waals surface area contributed by atoms with E-state index >= 15 is 0 Å². The first-order valence-electron chi connectivity index (χ1n) is 41.6. The fourth-order valence-electron chi connectivity index (χ4n) is 6.32. The summed E-state index contributed by atoms with van der Waals surface area (Å²) in [5.41, 5.74) is 0.130. The van der Waals surface area contributed by atoms with Crippen LogP contribution in [0.2, 0.25) is 0 Å². The predicted octanol–water partition coefficient (Wildman–Crippen LogP) is 5.58. The fraction of sp³-hybridized carbons (Fsp3) is 0.529. The molecular weight excluding hydrogens is 913 g/mol. The third-order valence-corrected chi connectivity index (χ3v) is 9.52. The number of carbonyl (C=O) groups excluding carboxylic acids is 3. The Morgan fingerprint density at radius 3 is 1.35 bits per heavy atom. The summed E-state index contributed by atoms with van der Waals surface area (Å²) >= 11 is 0. The monoisotopic (exact) mass is 1020 g/mol. The Kier molecular flexibility index (Phi) is 6.36. The van der Waals surface area contributed by atoms with Crippen LogP contribution in [0.5, 0.6) is 0 Å². The SMILES string of the molecule is [2H]c1c(C)[nH]c2ncnc(N(C([2H])([2H])[2H])[C@@]3([2H])C([2H])([2H])N(C(=O)C([2H])([2H])[N+]#[C-])C([2H])([2H])C([2H])([2H])[C@@]3([2H])C)c12.[2H]c1c(C)[nH]c2ncnc(N(C([2H])([2H])[2H])[C@]3([2H])[C@H](C([2H])([2H])[2H])C([2H])([2H])C([2H])([2H])N(C(=O)C([2H])([2H])[N+]#[C-])C3([2H])[2H])c12.[2H]c1c(C)[nH]c2ncnc(N(C([2H])([2H])[2H])[C@]3([2H])[C@H](C)C([2H])([2H])C([2H])([2H])N(C(=O)C([2H])([2H])[N+]#[C-])C3([2H])[2H])c12. The van der Waals surface area contributed by atoms with Gasteiger partial charge < -0.3 is 58.9 Å². The van der Waals surface area contributed by atoms with Crippen LogP contribution in [-0.2, 0) is 14.4 Å². The zero-order valence-corrected chi connectivity index (χ0v) is 37.8. The van der Waals surface area contributed by atoms with E-state index in [1.807, 2.05) is 0 Å². The Morgan fingerprint density at radius 2 is 0.972 bits per heavy atom. The van der Waals surface area contributed by atoms with Gasteiger partial charge in [0.05, 0.1) is 50.7 Å². The highest BCUT2D eigenvalue weighted by Gasteiger charge is 2.36. The molecule has 21 nitrogen and oxygen atoms in total. The molecule has 3 fully saturated rings. The van der Waals surface area contributed by atoms with Gasteiger partial charge in [-0.2, -0.15) is 0 Å². The van der Waals surface area contributed by atoms with Crippen molar-refractivity contribution >= 4 is 68.3 Å². The number of carbonyl (C=O) groups is 3. The molecule has 21 heteroatoms. The molecule has 3 N–H and O–H groups in total. The highest BCUT2D eigenvalue weighted by atomic mass is 16.2. The molecule has 3 aliphatic heterocycles. The fourth-order valence-corrected chi connectivity index (χ4v) is 6.32. The number of H-pyrrole nitrogens is 3. The molecule has 0 spiro atoms. The van der Waals surface area contributed by atoms with E-state index in [2.05, 4.69) is 59.4 Å². The third kappa shape index (κ3) is 11.5. The standard InChI is InChI=1S/3C17H22N6O/c3*1-11-5-6-23(15(24)8-18-3)9-14(11)22(4)17-13-7-12(2)21-16(13)19-10-20-17/h3*7,10-11,14H,5-6,8-9H2,1-2,4H3,(H,19,20,21)/t3*11-,14+/m111/s1/i4D3,5D2,6D2,7D,8D2,9D2,11D,14D;1D3,4D3,5D2,6D2,7D,8D2,9D2,14D;4D3,5D2,6D2,7D,8D2,9D2,14D. The molecule has 3 saturated heterocycles. The number of amides is 3. The number of likely N-dealkylation sites (tertiary alicyclic amines) is 3. The largest absolute Gasteiger partial charge is 0.354 e. The molecule has 0 radical (unpaired) electrons. The number of fused-ring (bicyclic) bond motifs is 3. The van der Waals surface area contributed by atoms with Crippen LogP contribution in [0.1, 0.15) is 116 Å². The normalized spacial score (nSPS) is 41.3. The Bertz CT molecular complexity index is 5010. The second kappa shape index (κ2) is 22.9. The molecule has 9 heterocycles. The smallest absolute Gasteiger partial charge is 0.302 e. The first-order valence-corrected chi connectivity index (χ1v) is 20.1. The summed E-state index contributed by atoms with van der Waals surface area (Å²) in [7, 11) is 0. The highest BCUT2D eigenvalue weighted by molar-refractivity contribution is 5.90. The van der Waals surface area contributed by atoms with Gasteiger partial charge in [0.1, 0.15) is 61.6 Å². The number of piperidine rings is 3. The second-order valence-corrected chi connectivity index (χ2v) is 14.5. The zero-order valence-electron chi connectivity index (χ0n) is 80.8. The van der Waals surface area contributed by atoms with E-state index in [0.29, 0.717) is 6.92 Å². The van der Waals surface area contributed by atoms with Crippen LogP contribution >= 0.6 is 0 Å². The van der Waals surface area contributed by atoms with E-state index in [4.69, 9.17) is 74.5 Å². The Hall–Kier alpha value is -7.86. The summed E-state index contributed by atoms with van der Waals surface area (Å²) in [6, 6.07) is -12.4. The van der Waals surface area contributed by atoms with Crippen LogP contribution < -0.4 is 14.7 Å². The van der Waals surface area contributed by atoms with E-state index < -0.39 is 202 Å². The first-order chi connectivity index (χ1) is 51.1. The zero-order chi connectivity index (χ0) is 89.6. The molecule has 6 aromatic rings. The number of likely N-dealkylation sites (N-methyl/N-ethyl adjacent to an activating group) is 3. The van der Waals surface area contributed by atoms with Crippen molar-refractivity contribution in [3.63, 3.8) is 0 Å². The number of anilines is 3. The second-order valence-electron chi connectivity index (χ2n) is 14.5. The average Bonchev–Trinajstić information content (AvgIpc) is 1.60. The molecule has 6 atom stereocenters. The molecular formula is C51H66N18O3. The van der Waals surface area contributed by atoms with Gasteiger partial charge >= 0.3 is 17.7 Å². The minimum Gasteiger partial charge on any atom is -0.354 e. The van der Waals surface area contributed by atoms with Crippen LogP contribution in [0, 0.1) is 58.2 Å². The van der Waals surface area contributed by atoms with Gasteiger partial charge in [0.25, 0.3) is 19.5 Å². The molecule has 0 bridgehead atoms. The maximum atomic E-state index is 13.1. The van der Waals surface area contributed by atoms with Crippen LogP contribution in [-0.4, -0.2) is 175 Å². The lowest BCUT2D eigenvalue weighted by Crippen LogP contribution is -2.53. The number of nitrogens with zero attached hydrogens (tertiary/aromatic N) is 15. The summed E-state index contributed by atoms with van der Waals surface area (Å²) < 4.78 is 358. The molecule has 72 heavy (non-hydrogen) atoms. The lowest BCUT2D eigenvalue weighted by molar-refractivity contribution is -0.131. The van der Waals surface area contributed by atoms with E-state index in [-0.39, 0.29) is 71.6 Å². The van der Waals surface area contributed by atoms with E-state index in [1.165, 1.54) is 20.8 Å². The summed E-state index contributed by atoms with van der Waals surface area (Å²) in [6.07, 6.45) is -8.68. The minimum absolute atomic E-state index is 0.0509. The van der Waals surface area contributed by atoms with Gasteiger partial charge in [-0.15, -0.1) is 0 Å². The molecule has 0 saturated carbocycles. The van der Waals surface area contributed by atoms with Crippen molar-refractivity contribution in [2.75, 3.05) is 94.1 Å². The third-order valence-electron chi connectivity index (χ3n) is 9.52. The average molecular weight is 1020 g/mol. The summed E-state index contributed by atoms with van der Waals surface area (Å²) in [5, 5.41) is -1.04. The lowest BCUT2D eigenvalue weighted by atomic mass is 9.92. The van der Waals surface area contributed by atoms with Gasteiger partial charge in [-0.3, -0.25) is 14.4 Å². The van der Waals surface area contributed by atoms with Crippen molar-refractivity contribution in [3.05, 3.63) is 88.4 Å². The van der Waals surface area contributed by atoms with Crippen molar-refractivity contribution in [2.45, 2.75) is 78.6 Å². The topological polar surface area (TPSA) is 208 Å². The number of nitrogens with one attached hydrogen (secondary N) is 3. The highest BCUT2D eigenvalue weighted by Crippen LogP contribution is 2.32. The maximum Gasteiger partial charge on any atom is 0.302 e. The molecule has 0 aromatic carbocycles. The predicted molar refractivity (Wildman–Crippen MR) is 278 cm³/mol. The number of hydrogen-bond donors (Lipinski definition) is 3. The van der Waals surface area contributed by atoms with Gasteiger partial charge in [0.15, 0.2) is 0 Å². The summed E-state index contributed by atoms with van der Waals surface area (Å²) in [6.45, 7) is -22.6. The van der Waals surface area contributed by atoms with Crippen LogP contribution in [0.25, 0.3) is 47.6 Å². The molecule has 0 aliphatic carbocycles. The number of aryl methyl sites for hydroxylation is 3. The Morgan fingerprint density at radius 1 is 0.625 bits per heavy atom. The van der Waals surface area contributed by atoms with E-state index in [1.54, 1.807) is 0 Å². The molecule has 3 aliphatic rings. The van der Waals surface area contributed by atoms with Crippen molar-refractivity contribution in [2.24, 2.45) is 17.7 Å². The van der Waals surface area contributed by atoms with Gasteiger partial charge in [-0.05, 0) is 75.7 Å². The number of rotatable bonds is 9. The van der Waals surface area contributed by atoms with Gasteiger partial charge in [0.2, 0.25) is 0 Å². The van der Waals surface area contributed by atoms with Crippen molar-refractivity contribution < 1.29 is 73.3 Å². The minimum atomic E-state index is -4.19. The number of aromatic amines is 3. The number of hydrogen-bond acceptors (Lipinski definition) is 12. The molecule has 378 valence electrons. The first kappa shape index (κ1) is 20.0. The van der Waals surface area contributed by atoms with Gasteiger partial charge in [-0.1, -0.05) is 20.7 Å². The van der Waals surface area contributed by atoms with Crippen LogP contribution in [0.4, 0.5) is 17.5 Å². The molecule has 0 unspecified atom stereocenters. The van der Waals surface area contributed by atoms with Crippen LogP contribution in [0.15, 0.2) is 37.1 Å². The number of aromatic nitrogens is 9. The lowest BCUT2D eigenvalue weighted by Gasteiger charge is -2.41. The van der Waals surface area contributed by atoms with Crippen molar-refractivity contribution in [1.82, 2.24) is 59.6 Å². The maximum absolute atomic E-state index is 13.1. The quantitative estimate of drug-likeness (QED) is 0.152. The van der Waals surface area contributed by atoms with E-state index in [9.17, 15) is 18.5 Å². The summed E-state index contributed by atoms with van der Waals surface area (Å²) in [4.78, 5) is 75.5. The Balaban J connectivity index is 0.000000239. The molecule has 3 amide bonds. The summed E-state index contributed by atoms with van der Waals surface area (Å²) in [5.74, 6) is -17.9. The van der Waals surface area contributed by atoms with Gasteiger partial charge in [0, 0.05) is 111 Å². The van der Waals surface area contributed by atoms with E-state index in [0.717, 1.165) is 25.9 Å². The van der Waals surface area contributed by atoms with Gasteiger partial charge in [-0.25, -0.2) is 49.6 Å². The van der Waals surface area contributed by atoms with Crippen LogP contribution in [0.3, 0.4) is 0 Å². The van der Waals surface area contributed by atoms with Crippen molar-refractivity contribution in [1.29, 1.82) is 0 Å². The van der Waals surface area contributed by atoms with Crippen molar-refractivity contribution in [3.8, 4) is 0 Å². The Labute approximate surface area is 481 Å².